The molecule has 1 aromatic carbocycles. The number of ether oxygens (including phenoxy) is 2. The molecule has 3 rings (SSSR count). The maximum Gasteiger partial charge on any atom is 0.359 e. The van der Waals surface area contributed by atoms with Crippen molar-refractivity contribution in [1.82, 2.24) is 9.55 Å². The molecule has 1 aliphatic rings. The average Bonchev–Trinajstić information content (AvgIpc) is 2.94. The topological polar surface area (TPSA) is 53.4 Å². The fourth-order valence-electron chi connectivity index (χ4n) is 2.53. The van der Waals surface area contributed by atoms with Crippen LogP contribution in [0, 0.1) is 0 Å². The van der Waals surface area contributed by atoms with Gasteiger partial charge in [0.25, 0.3) is 0 Å². The molecule has 1 fully saturated rings. The molecule has 0 saturated carbocycles. The monoisotopic (exact) mass is 362 g/mol. The zero-order chi connectivity index (χ0) is 17.2. The van der Waals surface area contributed by atoms with Gasteiger partial charge in [-0.1, -0.05) is 41.9 Å². The Hall–Kier alpha value is -1.98. The Bertz CT molecular complexity index is 795. The summed E-state index contributed by atoms with van der Waals surface area (Å²) >= 11 is 10.8. The Labute approximate surface area is 149 Å². The molecule has 0 radical (unpaired) electrons. The SMILES string of the molecule is C[C@H](c1ccccc1)n1cnc(Cl)c1C(=O)OC1(C=C=S)COC1. The van der Waals surface area contributed by atoms with E-state index in [0.717, 1.165) is 5.56 Å². The van der Waals surface area contributed by atoms with Gasteiger partial charge in [-0.3, -0.25) is 0 Å². The second-order valence-corrected chi connectivity index (χ2v) is 6.18. The minimum Gasteiger partial charge on any atom is -0.444 e. The first-order chi connectivity index (χ1) is 11.6. The van der Waals surface area contributed by atoms with E-state index in [9.17, 15) is 4.79 Å². The molecule has 1 atom stereocenters. The number of benzene rings is 1. The molecule has 1 saturated heterocycles. The van der Waals surface area contributed by atoms with Crippen molar-refractivity contribution in [2.75, 3.05) is 13.2 Å². The summed E-state index contributed by atoms with van der Waals surface area (Å²) < 4.78 is 12.4. The van der Waals surface area contributed by atoms with Gasteiger partial charge in [-0.05, 0) is 29.7 Å². The molecule has 124 valence electrons. The van der Waals surface area contributed by atoms with Gasteiger partial charge in [-0.15, -0.1) is 0 Å². The van der Waals surface area contributed by atoms with Crippen LogP contribution < -0.4 is 0 Å². The van der Waals surface area contributed by atoms with E-state index in [1.165, 1.54) is 12.4 Å². The minimum atomic E-state index is -0.868. The second kappa shape index (κ2) is 6.87. The van der Waals surface area contributed by atoms with Crippen LogP contribution in [0.3, 0.4) is 0 Å². The van der Waals surface area contributed by atoms with Crippen molar-refractivity contribution in [2.24, 2.45) is 0 Å². The molecule has 2 aromatic rings. The molecule has 0 amide bonds. The number of nitrogens with zero attached hydrogens (tertiary/aromatic N) is 2. The summed E-state index contributed by atoms with van der Waals surface area (Å²) in [6.07, 6.45) is 3.06. The van der Waals surface area contributed by atoms with Crippen LogP contribution in [0.15, 0.2) is 42.7 Å². The van der Waals surface area contributed by atoms with E-state index >= 15 is 0 Å². The lowest BCUT2D eigenvalue weighted by molar-refractivity contribution is -0.151. The van der Waals surface area contributed by atoms with Crippen molar-refractivity contribution in [2.45, 2.75) is 18.6 Å². The van der Waals surface area contributed by atoms with Crippen molar-refractivity contribution in [1.29, 1.82) is 0 Å². The van der Waals surface area contributed by atoms with Crippen LogP contribution in [-0.2, 0) is 9.47 Å². The molecule has 0 aliphatic carbocycles. The average molecular weight is 363 g/mol. The fraction of sp³-hybridized carbons (Fsp3) is 0.294. The van der Waals surface area contributed by atoms with Crippen molar-refractivity contribution < 1.29 is 14.3 Å². The van der Waals surface area contributed by atoms with E-state index in [0.29, 0.717) is 0 Å². The Kier molecular flexibility index (Phi) is 4.83. The number of carbonyl (C=O) groups excluding carboxylic acids is 1. The van der Waals surface area contributed by atoms with Crippen molar-refractivity contribution in [3.05, 3.63) is 59.1 Å². The molecule has 2 heterocycles. The summed E-state index contributed by atoms with van der Waals surface area (Å²) in [5.74, 6) is -0.565. The predicted molar refractivity (Wildman–Crippen MR) is 93.6 cm³/mol. The van der Waals surface area contributed by atoms with Gasteiger partial charge in [0.05, 0.1) is 25.6 Å². The lowest BCUT2D eigenvalue weighted by Crippen LogP contribution is -2.51. The standard InChI is InChI=1S/C17H15ClN2O3S/c1-12(13-5-3-2-4-6-13)20-11-19-15(18)14(20)16(21)23-17(7-8-24)9-22-10-17/h2-7,11-12H,9-10H2,1H3/t12-/m1/s1. The quantitative estimate of drug-likeness (QED) is 0.603. The summed E-state index contributed by atoms with van der Waals surface area (Å²) in [7, 11) is 0. The maximum atomic E-state index is 12.7. The van der Waals surface area contributed by atoms with Crippen molar-refractivity contribution in [3.63, 3.8) is 0 Å². The normalized spacial score (nSPS) is 16.6. The lowest BCUT2D eigenvalue weighted by Gasteiger charge is -2.37. The van der Waals surface area contributed by atoms with Gasteiger partial charge in [0.2, 0.25) is 0 Å². The zero-order valence-corrected chi connectivity index (χ0v) is 14.5. The minimum absolute atomic E-state index is 0.101. The number of hydrogen-bond donors (Lipinski definition) is 0. The largest absolute Gasteiger partial charge is 0.444 e. The van der Waals surface area contributed by atoms with E-state index in [1.807, 2.05) is 37.3 Å². The smallest absolute Gasteiger partial charge is 0.359 e. The lowest BCUT2D eigenvalue weighted by atomic mass is 10.0. The third kappa shape index (κ3) is 3.14. The summed E-state index contributed by atoms with van der Waals surface area (Å²) in [5, 5.41) is 2.59. The van der Waals surface area contributed by atoms with Gasteiger partial charge < -0.3 is 14.0 Å². The van der Waals surface area contributed by atoms with Crippen LogP contribution in [0.2, 0.25) is 5.15 Å². The first kappa shape index (κ1) is 16.9. The van der Waals surface area contributed by atoms with Crippen LogP contribution in [0.25, 0.3) is 0 Å². The second-order valence-electron chi connectivity index (χ2n) is 5.59. The third-order valence-electron chi connectivity index (χ3n) is 3.95. The number of carbonyl (C=O) groups is 1. The summed E-state index contributed by atoms with van der Waals surface area (Å²) in [6, 6.07) is 9.64. The highest BCUT2D eigenvalue weighted by atomic mass is 35.5. The van der Waals surface area contributed by atoms with Gasteiger partial charge in [0.1, 0.15) is 0 Å². The van der Waals surface area contributed by atoms with Gasteiger partial charge in [-0.2, -0.15) is 0 Å². The molecule has 24 heavy (non-hydrogen) atoms. The molecule has 1 aromatic heterocycles. The molecular weight excluding hydrogens is 348 g/mol. The van der Waals surface area contributed by atoms with Gasteiger partial charge >= 0.3 is 5.97 Å². The number of rotatable bonds is 5. The van der Waals surface area contributed by atoms with Gasteiger partial charge in [-0.25, -0.2) is 9.78 Å². The summed E-state index contributed by atoms with van der Waals surface area (Å²) in [4.78, 5) is 16.7. The highest BCUT2D eigenvalue weighted by Gasteiger charge is 2.42. The molecule has 0 spiro atoms. The Morgan fingerprint density at radius 2 is 2.21 bits per heavy atom. The maximum absolute atomic E-state index is 12.7. The van der Waals surface area contributed by atoms with Crippen LogP contribution >= 0.6 is 23.8 Å². The highest BCUT2D eigenvalue weighted by Crippen LogP contribution is 2.28. The van der Waals surface area contributed by atoms with E-state index in [2.05, 4.69) is 10.0 Å². The fourth-order valence-corrected chi connectivity index (χ4v) is 2.96. The summed E-state index contributed by atoms with van der Waals surface area (Å²) in [5.41, 5.74) is 0.367. The van der Waals surface area contributed by atoms with Gasteiger partial charge in [0, 0.05) is 6.08 Å². The van der Waals surface area contributed by atoms with Crippen LogP contribution in [0.1, 0.15) is 29.0 Å². The van der Waals surface area contributed by atoms with E-state index in [1.54, 1.807) is 4.57 Å². The Morgan fingerprint density at radius 1 is 1.50 bits per heavy atom. The number of esters is 1. The Balaban J connectivity index is 1.90. The molecule has 0 bridgehead atoms. The molecule has 7 heteroatoms. The van der Waals surface area contributed by atoms with Crippen LogP contribution in [0.5, 0.6) is 0 Å². The number of imidazole rings is 1. The number of halogens is 1. The van der Waals surface area contributed by atoms with Crippen molar-refractivity contribution >= 4 is 34.8 Å². The third-order valence-corrected chi connectivity index (χ3v) is 4.35. The first-order valence-corrected chi connectivity index (χ1v) is 8.15. The predicted octanol–water partition coefficient (Wildman–Crippen LogP) is 3.23. The molecule has 0 N–H and O–H groups in total. The van der Waals surface area contributed by atoms with Crippen LogP contribution in [0.4, 0.5) is 0 Å². The molecular formula is C17H15ClN2O3S. The summed E-state index contributed by atoms with van der Waals surface area (Å²) in [6.45, 7) is 2.47. The zero-order valence-electron chi connectivity index (χ0n) is 12.9. The number of aromatic nitrogens is 2. The molecule has 1 aliphatic heterocycles. The molecule has 5 nitrogen and oxygen atoms in total. The molecule has 0 unspecified atom stereocenters. The van der Waals surface area contributed by atoms with Gasteiger partial charge in [0.15, 0.2) is 16.4 Å². The van der Waals surface area contributed by atoms with E-state index in [4.69, 9.17) is 33.3 Å². The van der Waals surface area contributed by atoms with E-state index < -0.39 is 11.6 Å². The first-order valence-electron chi connectivity index (χ1n) is 7.37. The van der Waals surface area contributed by atoms with E-state index in [-0.39, 0.29) is 30.1 Å². The number of hydrogen-bond acceptors (Lipinski definition) is 5. The highest BCUT2D eigenvalue weighted by molar-refractivity contribution is 7.78. The Morgan fingerprint density at radius 3 is 2.79 bits per heavy atom. The van der Waals surface area contributed by atoms with Crippen molar-refractivity contribution in [3.8, 4) is 0 Å². The van der Waals surface area contributed by atoms with Crippen LogP contribution in [-0.4, -0.2) is 39.4 Å². The number of thiocarbonyl (C=S) groups is 1.